The molecule has 3 heteroatoms. The molecule has 1 heterocycles. The minimum atomic E-state index is 0.0862. The molecule has 1 aromatic rings. The molecule has 0 amide bonds. The fraction of sp³-hybridized carbons (Fsp3) is 0.571. The van der Waals surface area contributed by atoms with E-state index in [2.05, 4.69) is 29.2 Å². The van der Waals surface area contributed by atoms with Crippen LogP contribution in [0, 0.1) is 5.92 Å². The highest BCUT2D eigenvalue weighted by Crippen LogP contribution is 2.22. The highest BCUT2D eigenvalue weighted by molar-refractivity contribution is 7.99. The average molecular weight is 251 g/mol. The van der Waals surface area contributed by atoms with E-state index in [0.717, 1.165) is 12.5 Å². The van der Waals surface area contributed by atoms with Crippen LogP contribution in [-0.4, -0.2) is 29.8 Å². The molecule has 1 fully saturated rings. The van der Waals surface area contributed by atoms with Gasteiger partial charge in [0.1, 0.15) is 0 Å². The van der Waals surface area contributed by atoms with Gasteiger partial charge in [-0.25, -0.2) is 0 Å². The molecule has 0 bridgehead atoms. The highest BCUT2D eigenvalue weighted by Gasteiger charge is 2.16. The van der Waals surface area contributed by atoms with Crippen molar-refractivity contribution in [3.63, 3.8) is 0 Å². The Hall–Kier alpha value is -0.510. The number of aliphatic hydroxyl groups is 1. The van der Waals surface area contributed by atoms with E-state index < -0.39 is 0 Å². The lowest BCUT2D eigenvalue weighted by Gasteiger charge is -2.24. The van der Waals surface area contributed by atoms with Crippen LogP contribution in [0.3, 0.4) is 0 Å². The first kappa shape index (κ1) is 12.9. The van der Waals surface area contributed by atoms with Crippen LogP contribution in [0.25, 0.3) is 0 Å². The third-order valence-corrected chi connectivity index (χ3v) is 4.58. The Morgan fingerprint density at radius 1 is 1.35 bits per heavy atom. The Balaban J connectivity index is 1.83. The van der Waals surface area contributed by atoms with E-state index in [4.69, 9.17) is 0 Å². The van der Waals surface area contributed by atoms with Crippen LogP contribution < -0.4 is 5.32 Å². The van der Waals surface area contributed by atoms with Gasteiger partial charge in [-0.05, 0) is 42.4 Å². The molecular weight excluding hydrogens is 230 g/mol. The second-order valence-corrected chi connectivity index (χ2v) is 5.79. The summed E-state index contributed by atoms with van der Waals surface area (Å²) in [7, 11) is 0. The minimum Gasteiger partial charge on any atom is -0.394 e. The van der Waals surface area contributed by atoms with E-state index in [9.17, 15) is 5.11 Å². The van der Waals surface area contributed by atoms with Crippen LogP contribution in [0.15, 0.2) is 30.3 Å². The second kappa shape index (κ2) is 7.04. The van der Waals surface area contributed by atoms with E-state index in [0.29, 0.717) is 0 Å². The molecule has 94 valence electrons. The van der Waals surface area contributed by atoms with Gasteiger partial charge < -0.3 is 10.4 Å². The highest BCUT2D eigenvalue weighted by atomic mass is 32.2. The molecule has 0 spiro atoms. The van der Waals surface area contributed by atoms with Gasteiger partial charge in [0, 0.05) is 0 Å². The van der Waals surface area contributed by atoms with Gasteiger partial charge >= 0.3 is 0 Å². The number of thioether (sulfide) groups is 1. The summed E-state index contributed by atoms with van der Waals surface area (Å²) in [6.45, 7) is 1.19. The number of hydrogen-bond donors (Lipinski definition) is 2. The fourth-order valence-electron chi connectivity index (χ4n) is 2.25. The Morgan fingerprint density at radius 2 is 2.18 bits per heavy atom. The monoisotopic (exact) mass is 251 g/mol. The molecule has 2 N–H and O–H groups in total. The molecule has 0 radical (unpaired) electrons. The standard InChI is InChI=1S/C14H21NOS/c16-10-14(13-6-2-1-3-7-13)15-9-12-5-4-8-17-11-12/h1-3,6-7,12,14-16H,4-5,8-11H2/t12?,14-/m1/s1. The molecular formula is C14H21NOS. The number of hydrogen-bond acceptors (Lipinski definition) is 3. The number of rotatable bonds is 5. The summed E-state index contributed by atoms with van der Waals surface area (Å²) in [5.74, 6) is 3.35. The molecule has 2 atom stereocenters. The largest absolute Gasteiger partial charge is 0.394 e. The van der Waals surface area contributed by atoms with Crippen LogP contribution in [-0.2, 0) is 0 Å². The first-order chi connectivity index (χ1) is 8.40. The summed E-state index contributed by atoms with van der Waals surface area (Å²) in [4.78, 5) is 0. The van der Waals surface area contributed by atoms with Crippen molar-refractivity contribution in [2.75, 3.05) is 24.7 Å². The van der Waals surface area contributed by atoms with Gasteiger partial charge in [0.05, 0.1) is 12.6 Å². The first-order valence-electron chi connectivity index (χ1n) is 6.37. The predicted octanol–water partition coefficient (Wildman–Crippen LogP) is 2.45. The van der Waals surface area contributed by atoms with Crippen molar-refractivity contribution in [1.29, 1.82) is 0 Å². The Bertz CT molecular complexity index is 311. The summed E-state index contributed by atoms with van der Waals surface area (Å²) in [5.41, 5.74) is 1.18. The van der Waals surface area contributed by atoms with Gasteiger partial charge in [-0.15, -0.1) is 0 Å². The third-order valence-electron chi connectivity index (χ3n) is 3.29. The summed E-state index contributed by atoms with van der Waals surface area (Å²) < 4.78 is 0. The summed E-state index contributed by atoms with van der Waals surface area (Å²) in [5, 5.41) is 12.9. The van der Waals surface area contributed by atoms with Crippen molar-refractivity contribution >= 4 is 11.8 Å². The second-order valence-electron chi connectivity index (χ2n) is 4.64. The van der Waals surface area contributed by atoms with Gasteiger partial charge in [-0.2, -0.15) is 11.8 Å². The van der Waals surface area contributed by atoms with Gasteiger partial charge in [-0.3, -0.25) is 0 Å². The molecule has 0 aliphatic carbocycles. The average Bonchev–Trinajstić information content (AvgIpc) is 2.42. The van der Waals surface area contributed by atoms with Crippen LogP contribution in [0.2, 0.25) is 0 Å². The molecule has 1 aliphatic heterocycles. The predicted molar refractivity (Wildman–Crippen MR) is 74.3 cm³/mol. The lowest BCUT2D eigenvalue weighted by Crippen LogP contribution is -2.31. The zero-order chi connectivity index (χ0) is 11.9. The Labute approximate surface area is 108 Å². The molecule has 17 heavy (non-hydrogen) atoms. The molecule has 0 aromatic heterocycles. The van der Waals surface area contributed by atoms with Gasteiger partial charge in [-0.1, -0.05) is 30.3 Å². The van der Waals surface area contributed by atoms with E-state index in [1.165, 1.54) is 29.9 Å². The summed E-state index contributed by atoms with van der Waals surface area (Å²) in [6.07, 6.45) is 2.67. The van der Waals surface area contributed by atoms with Crippen molar-refractivity contribution in [3.8, 4) is 0 Å². The molecule has 2 nitrogen and oxygen atoms in total. The number of aliphatic hydroxyl groups excluding tert-OH is 1. The third kappa shape index (κ3) is 4.02. The van der Waals surface area contributed by atoms with E-state index in [1.54, 1.807) is 0 Å². The Morgan fingerprint density at radius 3 is 2.82 bits per heavy atom. The van der Waals surface area contributed by atoms with Crippen molar-refractivity contribution in [2.45, 2.75) is 18.9 Å². The van der Waals surface area contributed by atoms with E-state index in [1.807, 2.05) is 18.2 Å². The summed E-state index contributed by atoms with van der Waals surface area (Å²) >= 11 is 2.06. The lowest BCUT2D eigenvalue weighted by atomic mass is 10.0. The number of benzene rings is 1. The normalized spacial score (nSPS) is 22.3. The van der Waals surface area contributed by atoms with Crippen molar-refractivity contribution in [1.82, 2.24) is 5.32 Å². The zero-order valence-electron chi connectivity index (χ0n) is 10.1. The molecule has 1 aromatic carbocycles. The van der Waals surface area contributed by atoms with Crippen LogP contribution in [0.5, 0.6) is 0 Å². The molecule has 0 saturated carbocycles. The maximum Gasteiger partial charge on any atom is 0.0626 e. The minimum absolute atomic E-state index is 0.0862. The smallest absolute Gasteiger partial charge is 0.0626 e. The number of nitrogens with one attached hydrogen (secondary N) is 1. The lowest BCUT2D eigenvalue weighted by molar-refractivity contribution is 0.239. The quantitative estimate of drug-likeness (QED) is 0.843. The Kier molecular flexibility index (Phi) is 5.36. The van der Waals surface area contributed by atoms with Crippen molar-refractivity contribution < 1.29 is 5.11 Å². The SMILES string of the molecule is OC[C@@H](NCC1CCCSC1)c1ccccc1. The van der Waals surface area contributed by atoms with E-state index >= 15 is 0 Å². The van der Waals surface area contributed by atoms with Crippen LogP contribution >= 0.6 is 11.8 Å². The van der Waals surface area contributed by atoms with Gasteiger partial charge in [0.2, 0.25) is 0 Å². The maximum atomic E-state index is 9.44. The zero-order valence-corrected chi connectivity index (χ0v) is 11.0. The van der Waals surface area contributed by atoms with Crippen molar-refractivity contribution in [3.05, 3.63) is 35.9 Å². The topological polar surface area (TPSA) is 32.3 Å². The van der Waals surface area contributed by atoms with Crippen LogP contribution in [0.4, 0.5) is 0 Å². The van der Waals surface area contributed by atoms with E-state index in [-0.39, 0.29) is 12.6 Å². The van der Waals surface area contributed by atoms with Crippen LogP contribution in [0.1, 0.15) is 24.4 Å². The molecule has 1 aliphatic rings. The first-order valence-corrected chi connectivity index (χ1v) is 7.52. The fourth-order valence-corrected chi connectivity index (χ4v) is 3.41. The molecule has 1 saturated heterocycles. The van der Waals surface area contributed by atoms with Gasteiger partial charge in [0.25, 0.3) is 0 Å². The maximum absolute atomic E-state index is 9.44. The molecule has 2 rings (SSSR count). The van der Waals surface area contributed by atoms with Gasteiger partial charge in [0.15, 0.2) is 0 Å². The molecule has 1 unspecified atom stereocenters. The van der Waals surface area contributed by atoms with Crippen molar-refractivity contribution in [2.24, 2.45) is 5.92 Å². The summed E-state index contributed by atoms with van der Waals surface area (Å²) in [6, 6.07) is 10.3.